The molecule has 25 heavy (non-hydrogen) atoms. The van der Waals surface area contributed by atoms with Gasteiger partial charge in [0.25, 0.3) is 0 Å². The first-order valence-corrected chi connectivity index (χ1v) is 11.5. The van der Waals surface area contributed by atoms with Crippen LogP contribution in [0.15, 0.2) is 17.5 Å². The van der Waals surface area contributed by atoms with Crippen molar-refractivity contribution in [2.75, 3.05) is 13.2 Å². The van der Waals surface area contributed by atoms with Crippen molar-refractivity contribution in [2.45, 2.75) is 90.0 Å². The van der Waals surface area contributed by atoms with E-state index in [9.17, 15) is 0 Å². The highest BCUT2D eigenvalue weighted by Crippen LogP contribution is 2.30. The van der Waals surface area contributed by atoms with Gasteiger partial charge in [0.1, 0.15) is 0 Å². The predicted molar refractivity (Wildman–Crippen MR) is 120 cm³/mol. The molecule has 0 N–H and O–H groups in total. The second kappa shape index (κ2) is 16.7. The molecule has 2 nitrogen and oxygen atoms in total. The summed E-state index contributed by atoms with van der Waals surface area (Å²) < 4.78 is 12.2. The van der Waals surface area contributed by atoms with Crippen LogP contribution < -0.4 is 0 Å². The smallest absolute Gasteiger partial charge is 0.168 e. The van der Waals surface area contributed by atoms with Crippen molar-refractivity contribution in [1.29, 1.82) is 0 Å². The van der Waals surface area contributed by atoms with Crippen LogP contribution in [-0.4, -0.2) is 19.0 Å². The molecule has 0 amide bonds. The van der Waals surface area contributed by atoms with Crippen LogP contribution in [0.3, 0.4) is 0 Å². The number of halogens is 1. The van der Waals surface area contributed by atoms with E-state index in [1.165, 1.54) is 43.4 Å². The molecule has 0 saturated heterocycles. The minimum Gasteiger partial charge on any atom is -0.350 e. The summed E-state index contributed by atoms with van der Waals surface area (Å²) in [5.74, 6) is -0.254. The van der Waals surface area contributed by atoms with E-state index in [2.05, 4.69) is 40.6 Å². The first kappa shape index (κ1) is 25.5. The van der Waals surface area contributed by atoms with Gasteiger partial charge < -0.3 is 9.47 Å². The van der Waals surface area contributed by atoms with Crippen molar-refractivity contribution in [1.82, 2.24) is 0 Å². The summed E-state index contributed by atoms with van der Waals surface area (Å²) in [5.41, 5.74) is 0. The maximum atomic E-state index is 6.09. The highest BCUT2D eigenvalue weighted by molar-refractivity contribution is 8.93. The van der Waals surface area contributed by atoms with Crippen LogP contribution in [-0.2, 0) is 15.6 Å². The van der Waals surface area contributed by atoms with Gasteiger partial charge in [0.05, 0.1) is 0 Å². The van der Waals surface area contributed by atoms with E-state index >= 15 is 0 Å². The molecule has 1 unspecified atom stereocenters. The standard InChI is InChI=1S/C15H30O2.C5H7PS.BrH/c1-3-13-16-15(17-14-4-2)11-9-7-5-6-8-10-12-15;6-4-5-2-1-3-7-5;/h3-14H2,1-2H3;1-3H,4,6H2;1H. The number of hydrogen-bond acceptors (Lipinski definition) is 3. The average molecular weight is 453 g/mol. The summed E-state index contributed by atoms with van der Waals surface area (Å²) in [6.07, 6.45) is 13.4. The van der Waals surface area contributed by atoms with E-state index in [0.29, 0.717) is 0 Å². The number of hydrogen-bond donors (Lipinski definition) is 0. The molecule has 0 aliphatic heterocycles. The summed E-state index contributed by atoms with van der Waals surface area (Å²) in [4.78, 5) is 1.44. The molecule has 0 spiro atoms. The number of thiophene rings is 1. The van der Waals surface area contributed by atoms with Gasteiger partial charge in [0.2, 0.25) is 0 Å². The van der Waals surface area contributed by atoms with E-state index in [4.69, 9.17) is 9.47 Å². The minimum absolute atomic E-state index is 0. The van der Waals surface area contributed by atoms with Crippen LogP contribution in [0.25, 0.3) is 0 Å². The zero-order chi connectivity index (χ0) is 17.5. The lowest BCUT2D eigenvalue weighted by Crippen LogP contribution is -2.36. The zero-order valence-electron chi connectivity index (χ0n) is 16.1. The van der Waals surface area contributed by atoms with Crippen molar-refractivity contribution >= 4 is 37.6 Å². The van der Waals surface area contributed by atoms with E-state index in [-0.39, 0.29) is 22.8 Å². The Labute approximate surface area is 172 Å². The molecule has 1 aromatic rings. The van der Waals surface area contributed by atoms with Crippen molar-refractivity contribution in [3.05, 3.63) is 22.4 Å². The maximum absolute atomic E-state index is 6.09. The lowest BCUT2D eigenvalue weighted by molar-refractivity contribution is -0.246. The highest BCUT2D eigenvalue weighted by atomic mass is 79.9. The summed E-state index contributed by atoms with van der Waals surface area (Å²) in [6.45, 7) is 6.01. The number of ether oxygens (including phenoxy) is 2. The molecule has 148 valence electrons. The van der Waals surface area contributed by atoms with Gasteiger partial charge in [-0.1, -0.05) is 45.6 Å². The SMILES string of the molecule is Br.CCCOC1(OCCC)CCCCCCCC1.PCc1cccs1. The van der Waals surface area contributed by atoms with E-state index < -0.39 is 0 Å². The van der Waals surface area contributed by atoms with Crippen molar-refractivity contribution in [3.8, 4) is 0 Å². The van der Waals surface area contributed by atoms with E-state index in [1.54, 1.807) is 11.3 Å². The fraction of sp³-hybridized carbons (Fsp3) is 0.800. The second-order valence-corrected chi connectivity index (χ2v) is 7.95. The molecule has 2 rings (SSSR count). The van der Waals surface area contributed by atoms with Crippen molar-refractivity contribution < 1.29 is 9.47 Å². The third-order valence-electron chi connectivity index (χ3n) is 4.29. The Hall–Kier alpha value is 0.530. The topological polar surface area (TPSA) is 18.5 Å². The molecule has 1 fully saturated rings. The molecule has 1 aliphatic rings. The lowest BCUT2D eigenvalue weighted by atomic mass is 10.0. The fourth-order valence-electron chi connectivity index (χ4n) is 2.96. The third-order valence-corrected chi connectivity index (χ3v) is 5.92. The Morgan fingerprint density at radius 2 is 1.48 bits per heavy atom. The summed E-state index contributed by atoms with van der Waals surface area (Å²) >= 11 is 1.80. The van der Waals surface area contributed by atoms with Gasteiger partial charge in [0, 0.05) is 30.9 Å². The summed E-state index contributed by atoms with van der Waals surface area (Å²) in [5, 5.41) is 2.10. The van der Waals surface area contributed by atoms with Crippen LogP contribution in [0, 0.1) is 0 Å². The van der Waals surface area contributed by atoms with Crippen molar-refractivity contribution in [3.63, 3.8) is 0 Å². The Morgan fingerprint density at radius 3 is 1.84 bits per heavy atom. The van der Waals surface area contributed by atoms with Gasteiger partial charge in [-0.25, -0.2) is 0 Å². The molecule has 5 heteroatoms. The van der Waals surface area contributed by atoms with Gasteiger partial charge in [-0.05, 0) is 43.3 Å². The Bertz CT molecular complexity index is 367. The van der Waals surface area contributed by atoms with Gasteiger partial charge in [0.15, 0.2) is 5.79 Å². The molecular formula is C20H38BrO2PS. The molecular weight excluding hydrogens is 415 g/mol. The van der Waals surface area contributed by atoms with Crippen LogP contribution in [0.1, 0.15) is 82.9 Å². The minimum atomic E-state index is -0.254. The second-order valence-electron chi connectivity index (χ2n) is 6.51. The molecule has 0 bridgehead atoms. The molecule has 0 radical (unpaired) electrons. The molecule has 1 atom stereocenters. The van der Waals surface area contributed by atoms with Crippen LogP contribution in [0.4, 0.5) is 0 Å². The van der Waals surface area contributed by atoms with E-state index in [0.717, 1.165) is 45.1 Å². The maximum Gasteiger partial charge on any atom is 0.168 e. The predicted octanol–water partition coefficient (Wildman–Crippen LogP) is 7.37. The summed E-state index contributed by atoms with van der Waals surface area (Å²) in [7, 11) is 2.69. The van der Waals surface area contributed by atoms with Gasteiger partial charge in [-0.15, -0.1) is 37.6 Å². The average Bonchev–Trinajstić information content (AvgIpc) is 3.16. The fourth-order valence-corrected chi connectivity index (χ4v) is 3.97. The monoisotopic (exact) mass is 452 g/mol. The zero-order valence-corrected chi connectivity index (χ0v) is 19.8. The van der Waals surface area contributed by atoms with Gasteiger partial charge >= 0.3 is 0 Å². The Balaban J connectivity index is 0.000000603. The molecule has 1 heterocycles. The molecule has 1 saturated carbocycles. The Kier molecular flexibility index (Phi) is 17.0. The third kappa shape index (κ3) is 11.8. The first-order chi connectivity index (χ1) is 11.8. The van der Waals surface area contributed by atoms with Crippen LogP contribution >= 0.6 is 37.6 Å². The normalized spacial score (nSPS) is 17.2. The molecule has 1 aliphatic carbocycles. The highest BCUT2D eigenvalue weighted by Gasteiger charge is 2.31. The van der Waals surface area contributed by atoms with Gasteiger partial charge in [-0.2, -0.15) is 0 Å². The van der Waals surface area contributed by atoms with E-state index in [1.807, 2.05) is 0 Å². The largest absolute Gasteiger partial charge is 0.350 e. The number of rotatable bonds is 7. The summed E-state index contributed by atoms with van der Waals surface area (Å²) in [6, 6.07) is 4.21. The first-order valence-electron chi connectivity index (χ1n) is 9.76. The Morgan fingerprint density at radius 1 is 0.960 bits per heavy atom. The lowest BCUT2D eigenvalue weighted by Gasteiger charge is -2.34. The van der Waals surface area contributed by atoms with Gasteiger partial charge in [-0.3, -0.25) is 0 Å². The quantitative estimate of drug-likeness (QED) is 0.317. The van der Waals surface area contributed by atoms with Crippen LogP contribution in [0.2, 0.25) is 0 Å². The van der Waals surface area contributed by atoms with Crippen molar-refractivity contribution in [2.24, 2.45) is 0 Å². The molecule has 1 aromatic heterocycles. The molecule has 0 aromatic carbocycles. The van der Waals surface area contributed by atoms with Crippen LogP contribution in [0.5, 0.6) is 0 Å².